The number of benzene rings is 1. The highest BCUT2D eigenvalue weighted by Crippen LogP contribution is 2.46. The molecule has 0 saturated heterocycles. The molecule has 0 bridgehead atoms. The molecule has 1 unspecified atom stereocenters. The largest absolute Gasteiger partial charge is 0.493 e. The van der Waals surface area contributed by atoms with Gasteiger partial charge in [-0.1, -0.05) is 25.1 Å². The summed E-state index contributed by atoms with van der Waals surface area (Å²) in [7, 11) is 4.20. The van der Waals surface area contributed by atoms with Crippen molar-refractivity contribution in [2.24, 2.45) is 5.92 Å². The van der Waals surface area contributed by atoms with Crippen molar-refractivity contribution in [1.82, 2.24) is 4.90 Å². The van der Waals surface area contributed by atoms with Gasteiger partial charge in [0.1, 0.15) is 11.9 Å². The van der Waals surface area contributed by atoms with Crippen LogP contribution in [-0.2, 0) is 6.42 Å². The number of para-hydroxylation sites is 1. The maximum absolute atomic E-state index is 11.2. The number of rotatable bonds is 3. The van der Waals surface area contributed by atoms with Gasteiger partial charge in [-0.25, -0.2) is 0 Å². The summed E-state index contributed by atoms with van der Waals surface area (Å²) < 4.78 is 5.81. The van der Waals surface area contributed by atoms with E-state index in [4.69, 9.17) is 4.74 Å². The lowest BCUT2D eigenvalue weighted by Crippen LogP contribution is -2.51. The summed E-state index contributed by atoms with van der Waals surface area (Å²) in [5, 5.41) is 11.2. The zero-order chi connectivity index (χ0) is 15.0. The second-order valence-electron chi connectivity index (χ2n) is 7.02. The van der Waals surface area contributed by atoms with Gasteiger partial charge in [-0.05, 0) is 51.3 Å². The van der Waals surface area contributed by atoms with E-state index in [-0.39, 0.29) is 5.54 Å². The van der Waals surface area contributed by atoms with E-state index in [1.165, 1.54) is 18.4 Å². The van der Waals surface area contributed by atoms with Crippen molar-refractivity contribution in [1.29, 1.82) is 0 Å². The van der Waals surface area contributed by atoms with Crippen molar-refractivity contribution in [3.63, 3.8) is 0 Å². The molecule has 2 aliphatic rings. The third-order valence-corrected chi connectivity index (χ3v) is 5.58. The van der Waals surface area contributed by atoms with Gasteiger partial charge in [0.15, 0.2) is 0 Å². The molecule has 1 saturated carbocycles. The Labute approximate surface area is 127 Å². The molecule has 1 aromatic rings. The lowest BCUT2D eigenvalue weighted by Gasteiger charge is -2.48. The number of aliphatic hydroxyl groups is 1. The molecule has 1 atom stereocenters. The normalized spacial score (nSPS) is 30.0. The van der Waals surface area contributed by atoms with Gasteiger partial charge in [-0.3, -0.25) is 0 Å². The van der Waals surface area contributed by atoms with Crippen LogP contribution in [0.15, 0.2) is 18.2 Å². The summed E-state index contributed by atoms with van der Waals surface area (Å²) in [4.78, 5) is 2.23. The van der Waals surface area contributed by atoms with E-state index < -0.39 is 6.10 Å². The van der Waals surface area contributed by atoms with E-state index in [9.17, 15) is 5.11 Å². The predicted octanol–water partition coefficient (Wildman–Crippen LogP) is 3.17. The Morgan fingerprint density at radius 1 is 1.29 bits per heavy atom. The van der Waals surface area contributed by atoms with Crippen LogP contribution in [0, 0.1) is 5.92 Å². The lowest BCUT2D eigenvalue weighted by molar-refractivity contribution is -0.0417. The van der Waals surface area contributed by atoms with Crippen molar-refractivity contribution in [3.8, 4) is 5.75 Å². The van der Waals surface area contributed by atoms with E-state index >= 15 is 0 Å². The Bertz CT molecular complexity index is 504. The second-order valence-corrected chi connectivity index (χ2v) is 7.02. The maximum atomic E-state index is 11.2. The van der Waals surface area contributed by atoms with Gasteiger partial charge in [0.05, 0.1) is 12.1 Å². The van der Waals surface area contributed by atoms with Crippen LogP contribution in [-0.4, -0.2) is 36.2 Å². The molecule has 3 heteroatoms. The van der Waals surface area contributed by atoms with Gasteiger partial charge in [-0.15, -0.1) is 0 Å². The van der Waals surface area contributed by atoms with Crippen molar-refractivity contribution < 1.29 is 9.84 Å². The quantitative estimate of drug-likeness (QED) is 0.927. The van der Waals surface area contributed by atoms with Crippen LogP contribution >= 0.6 is 0 Å². The fourth-order valence-corrected chi connectivity index (χ4v) is 3.97. The Morgan fingerprint density at radius 2 is 2.00 bits per heavy atom. The van der Waals surface area contributed by atoms with Crippen LogP contribution in [0.5, 0.6) is 5.75 Å². The Kier molecular flexibility index (Phi) is 3.98. The molecule has 1 aliphatic heterocycles. The second kappa shape index (κ2) is 5.62. The molecule has 1 aliphatic carbocycles. The molecule has 21 heavy (non-hydrogen) atoms. The highest BCUT2D eigenvalue weighted by Gasteiger charge is 2.44. The molecule has 1 heterocycles. The highest BCUT2D eigenvalue weighted by atomic mass is 16.5. The molecular formula is C18H27NO2. The van der Waals surface area contributed by atoms with Gasteiger partial charge >= 0.3 is 0 Å². The Balaban J connectivity index is 1.95. The summed E-state index contributed by atoms with van der Waals surface area (Å²) >= 11 is 0. The Morgan fingerprint density at radius 3 is 2.67 bits per heavy atom. The number of fused-ring (bicyclic) bond motifs is 1. The molecule has 1 N–H and O–H groups in total. The molecule has 0 amide bonds. The van der Waals surface area contributed by atoms with Crippen molar-refractivity contribution in [2.45, 2.75) is 50.7 Å². The minimum atomic E-state index is -0.479. The van der Waals surface area contributed by atoms with Crippen LogP contribution in [0.25, 0.3) is 0 Å². The van der Waals surface area contributed by atoms with Gasteiger partial charge < -0.3 is 14.7 Å². The standard InChI is InChI=1S/C18H27NO2/c1-13-7-10-18(11-8-13,19(2)3)17(20)15-6-4-5-14-9-12-21-16(14)15/h4-6,13,17,20H,7-12H2,1-3H3. The summed E-state index contributed by atoms with van der Waals surface area (Å²) in [6, 6.07) is 6.21. The van der Waals surface area contributed by atoms with E-state index in [2.05, 4.69) is 38.1 Å². The summed E-state index contributed by atoms with van der Waals surface area (Å²) in [6.45, 7) is 3.06. The fraction of sp³-hybridized carbons (Fsp3) is 0.667. The zero-order valence-electron chi connectivity index (χ0n) is 13.4. The van der Waals surface area contributed by atoms with E-state index in [1.807, 2.05) is 6.07 Å². The Hall–Kier alpha value is -1.06. The van der Waals surface area contributed by atoms with Gasteiger partial charge in [0.2, 0.25) is 0 Å². The minimum absolute atomic E-state index is 0.159. The average molecular weight is 289 g/mol. The number of hydrogen-bond acceptors (Lipinski definition) is 3. The fourth-order valence-electron chi connectivity index (χ4n) is 3.97. The molecule has 116 valence electrons. The monoisotopic (exact) mass is 289 g/mol. The first-order chi connectivity index (χ1) is 10.0. The first kappa shape index (κ1) is 14.9. The van der Waals surface area contributed by atoms with E-state index in [1.54, 1.807) is 0 Å². The SMILES string of the molecule is CC1CCC(C(O)c2cccc3c2OCC3)(N(C)C)CC1. The molecule has 1 aromatic carbocycles. The van der Waals surface area contributed by atoms with Gasteiger partial charge in [0.25, 0.3) is 0 Å². The number of aliphatic hydroxyl groups excluding tert-OH is 1. The number of likely N-dealkylation sites (N-methyl/N-ethyl adjacent to an activating group) is 1. The molecule has 1 fully saturated rings. The number of nitrogens with zero attached hydrogens (tertiary/aromatic N) is 1. The third kappa shape index (κ3) is 2.47. The van der Waals surface area contributed by atoms with Crippen LogP contribution in [0.2, 0.25) is 0 Å². The summed E-state index contributed by atoms with van der Waals surface area (Å²) in [5.74, 6) is 1.70. The molecule has 3 rings (SSSR count). The molecule has 0 radical (unpaired) electrons. The van der Waals surface area contributed by atoms with Crippen LogP contribution in [0.1, 0.15) is 49.8 Å². The molecule has 3 nitrogen and oxygen atoms in total. The van der Waals surface area contributed by atoms with Crippen LogP contribution < -0.4 is 4.74 Å². The van der Waals surface area contributed by atoms with Crippen molar-refractivity contribution in [2.75, 3.05) is 20.7 Å². The maximum Gasteiger partial charge on any atom is 0.128 e. The first-order valence-electron chi connectivity index (χ1n) is 8.14. The third-order valence-electron chi connectivity index (χ3n) is 5.58. The lowest BCUT2D eigenvalue weighted by atomic mass is 9.71. The van der Waals surface area contributed by atoms with E-state index in [0.717, 1.165) is 43.1 Å². The smallest absolute Gasteiger partial charge is 0.128 e. The predicted molar refractivity (Wildman–Crippen MR) is 84.7 cm³/mol. The first-order valence-corrected chi connectivity index (χ1v) is 8.14. The summed E-state index contributed by atoms with van der Waals surface area (Å²) in [5.41, 5.74) is 2.06. The highest BCUT2D eigenvalue weighted by molar-refractivity contribution is 5.46. The number of ether oxygens (including phenoxy) is 1. The zero-order valence-corrected chi connectivity index (χ0v) is 13.4. The van der Waals surface area contributed by atoms with Gasteiger partial charge in [-0.2, -0.15) is 0 Å². The summed E-state index contributed by atoms with van der Waals surface area (Å²) in [6.07, 6.45) is 4.95. The van der Waals surface area contributed by atoms with Crippen LogP contribution in [0.3, 0.4) is 0 Å². The molecule has 0 aromatic heterocycles. The van der Waals surface area contributed by atoms with Crippen molar-refractivity contribution >= 4 is 0 Å². The van der Waals surface area contributed by atoms with Crippen molar-refractivity contribution in [3.05, 3.63) is 29.3 Å². The van der Waals surface area contributed by atoms with Crippen LogP contribution in [0.4, 0.5) is 0 Å². The molecule has 0 spiro atoms. The van der Waals surface area contributed by atoms with E-state index in [0.29, 0.717) is 0 Å². The topological polar surface area (TPSA) is 32.7 Å². The molecular weight excluding hydrogens is 262 g/mol. The van der Waals surface area contributed by atoms with Gasteiger partial charge in [0, 0.05) is 12.0 Å². The number of hydrogen-bond donors (Lipinski definition) is 1. The average Bonchev–Trinajstić information content (AvgIpc) is 2.95. The minimum Gasteiger partial charge on any atom is -0.493 e.